The van der Waals surface area contributed by atoms with Crippen LogP contribution >= 0.6 is 0 Å². The van der Waals surface area contributed by atoms with E-state index in [1.54, 1.807) is 14.2 Å². The predicted molar refractivity (Wildman–Crippen MR) is 112 cm³/mol. The Morgan fingerprint density at radius 1 is 1.00 bits per heavy atom. The zero-order valence-electron chi connectivity index (χ0n) is 17.9. The molecule has 0 bridgehead atoms. The maximum absolute atomic E-state index is 13.0. The Balaban J connectivity index is 1.57. The predicted octanol–water partition coefficient (Wildman–Crippen LogP) is 2.64. The number of methoxy groups -OCH3 is 2. The lowest BCUT2D eigenvalue weighted by molar-refractivity contribution is 0.0452. The molecule has 6 heteroatoms. The molecule has 28 heavy (non-hydrogen) atoms. The summed E-state index contributed by atoms with van der Waals surface area (Å²) < 4.78 is 10.9. The minimum Gasteiger partial charge on any atom is -0.496 e. The van der Waals surface area contributed by atoms with Gasteiger partial charge in [0.25, 0.3) is 5.91 Å². The van der Waals surface area contributed by atoms with E-state index >= 15 is 0 Å². The van der Waals surface area contributed by atoms with Crippen molar-refractivity contribution < 1.29 is 14.3 Å². The van der Waals surface area contributed by atoms with Crippen molar-refractivity contribution in [2.45, 2.75) is 39.2 Å². The van der Waals surface area contributed by atoms with E-state index in [1.165, 1.54) is 38.9 Å². The van der Waals surface area contributed by atoms with Gasteiger partial charge in [0.2, 0.25) is 0 Å². The van der Waals surface area contributed by atoms with Crippen LogP contribution in [0.5, 0.6) is 11.5 Å². The molecule has 0 aromatic heterocycles. The summed E-state index contributed by atoms with van der Waals surface area (Å²) in [5, 5.41) is 0. The first-order chi connectivity index (χ1) is 13.6. The Labute approximate surface area is 169 Å². The Morgan fingerprint density at radius 2 is 1.57 bits per heavy atom. The number of carbonyl (C=O) groups is 1. The second-order valence-electron chi connectivity index (χ2n) is 7.91. The largest absolute Gasteiger partial charge is 0.496 e. The van der Waals surface area contributed by atoms with Gasteiger partial charge in [-0.15, -0.1) is 0 Å². The van der Waals surface area contributed by atoms with Gasteiger partial charge < -0.3 is 19.3 Å². The molecule has 1 aromatic rings. The van der Waals surface area contributed by atoms with Gasteiger partial charge in [-0.2, -0.15) is 0 Å². The first kappa shape index (κ1) is 20.9. The molecule has 0 saturated carbocycles. The highest BCUT2D eigenvalue weighted by Gasteiger charge is 2.29. The van der Waals surface area contributed by atoms with Gasteiger partial charge in [0, 0.05) is 43.3 Å². The highest BCUT2D eigenvalue weighted by atomic mass is 16.5. The number of hydrogen-bond donors (Lipinski definition) is 0. The monoisotopic (exact) mass is 389 g/mol. The molecule has 6 nitrogen and oxygen atoms in total. The molecular formula is C22H35N3O3. The van der Waals surface area contributed by atoms with Gasteiger partial charge in [0.15, 0.2) is 0 Å². The fraction of sp³-hybridized carbons (Fsp3) is 0.682. The van der Waals surface area contributed by atoms with E-state index in [2.05, 4.69) is 16.7 Å². The van der Waals surface area contributed by atoms with Crippen LogP contribution in [-0.2, 0) is 0 Å². The van der Waals surface area contributed by atoms with Gasteiger partial charge >= 0.3 is 0 Å². The molecule has 3 rings (SSSR count). The fourth-order valence-electron chi connectivity index (χ4n) is 4.51. The summed E-state index contributed by atoms with van der Waals surface area (Å²) in [4.78, 5) is 20.2. The van der Waals surface area contributed by atoms with Crippen molar-refractivity contribution in [2.24, 2.45) is 0 Å². The fourth-order valence-corrected chi connectivity index (χ4v) is 4.51. The smallest absolute Gasteiger partial charge is 0.254 e. The summed E-state index contributed by atoms with van der Waals surface area (Å²) in [5.74, 6) is 1.45. The molecule has 2 fully saturated rings. The van der Waals surface area contributed by atoms with Gasteiger partial charge in [-0.25, -0.2) is 0 Å². The van der Waals surface area contributed by atoms with Gasteiger partial charge in [0.05, 0.1) is 14.2 Å². The Hall–Kier alpha value is -1.79. The summed E-state index contributed by atoms with van der Waals surface area (Å²) in [5.41, 5.74) is 1.56. The molecule has 0 N–H and O–H groups in total. The number of amides is 1. The van der Waals surface area contributed by atoms with Crippen molar-refractivity contribution in [1.82, 2.24) is 14.7 Å². The Bertz CT molecular complexity index is 638. The van der Waals surface area contributed by atoms with E-state index in [0.717, 1.165) is 31.7 Å². The first-order valence-corrected chi connectivity index (χ1v) is 10.6. The van der Waals surface area contributed by atoms with Crippen molar-refractivity contribution in [3.63, 3.8) is 0 Å². The topological polar surface area (TPSA) is 45.2 Å². The van der Waals surface area contributed by atoms with Gasteiger partial charge in [-0.05, 0) is 58.0 Å². The van der Waals surface area contributed by atoms with Crippen LogP contribution in [0, 0.1) is 6.92 Å². The molecule has 1 aromatic carbocycles. The summed E-state index contributed by atoms with van der Waals surface area (Å²) in [7, 11) is 3.25. The molecule has 156 valence electrons. The van der Waals surface area contributed by atoms with E-state index in [4.69, 9.17) is 9.47 Å². The number of hydrogen-bond acceptors (Lipinski definition) is 5. The third kappa shape index (κ3) is 4.61. The van der Waals surface area contributed by atoms with Crippen LogP contribution in [0.2, 0.25) is 0 Å². The molecule has 0 aliphatic carbocycles. The van der Waals surface area contributed by atoms with Crippen LogP contribution in [-0.4, -0.2) is 86.7 Å². The number of piperidine rings is 1. The van der Waals surface area contributed by atoms with Crippen molar-refractivity contribution >= 4 is 5.91 Å². The number of benzene rings is 1. The lowest BCUT2D eigenvalue weighted by atomic mass is 10.0. The van der Waals surface area contributed by atoms with Crippen LogP contribution in [0.15, 0.2) is 12.1 Å². The molecule has 0 atom stereocenters. The average molecular weight is 390 g/mol. The van der Waals surface area contributed by atoms with Crippen LogP contribution in [0.1, 0.15) is 42.1 Å². The minimum atomic E-state index is 0.0639. The van der Waals surface area contributed by atoms with Gasteiger partial charge in [-0.1, -0.05) is 6.92 Å². The highest BCUT2D eigenvalue weighted by Crippen LogP contribution is 2.30. The molecule has 0 unspecified atom stereocenters. The van der Waals surface area contributed by atoms with Crippen LogP contribution in [0.3, 0.4) is 0 Å². The summed E-state index contributed by atoms with van der Waals surface area (Å²) in [6, 6.07) is 4.33. The number of carbonyl (C=O) groups excluding carboxylic acids is 1. The number of nitrogens with zero attached hydrogens (tertiary/aromatic N) is 3. The average Bonchev–Trinajstić information content (AvgIpc) is 2.74. The van der Waals surface area contributed by atoms with Crippen LogP contribution in [0.25, 0.3) is 0 Å². The summed E-state index contributed by atoms with van der Waals surface area (Å²) >= 11 is 0. The molecular weight excluding hydrogens is 354 g/mol. The third-order valence-corrected chi connectivity index (χ3v) is 6.21. The lowest BCUT2D eigenvalue weighted by Crippen LogP contribution is -2.54. The number of likely N-dealkylation sites (tertiary alicyclic amines) is 1. The molecule has 2 heterocycles. The van der Waals surface area contributed by atoms with E-state index in [0.29, 0.717) is 23.1 Å². The first-order valence-electron chi connectivity index (χ1n) is 10.6. The Kier molecular flexibility index (Phi) is 7.18. The highest BCUT2D eigenvalue weighted by molar-refractivity contribution is 5.95. The van der Waals surface area contributed by atoms with Gasteiger partial charge in [-0.3, -0.25) is 9.69 Å². The summed E-state index contributed by atoms with van der Waals surface area (Å²) in [6.45, 7) is 11.3. The van der Waals surface area contributed by atoms with Crippen molar-refractivity contribution in [2.75, 3.05) is 60.0 Å². The van der Waals surface area contributed by atoms with Gasteiger partial charge in [0.1, 0.15) is 11.5 Å². The zero-order valence-corrected chi connectivity index (χ0v) is 17.9. The molecule has 2 aliphatic heterocycles. The van der Waals surface area contributed by atoms with Crippen molar-refractivity contribution in [3.05, 3.63) is 23.3 Å². The lowest BCUT2D eigenvalue weighted by Gasteiger charge is -2.42. The molecule has 2 aliphatic rings. The van der Waals surface area contributed by atoms with E-state index < -0.39 is 0 Å². The molecule has 0 radical (unpaired) electrons. The SMILES string of the molecule is CCCN1CCC(N2CCN(C(=O)c3cc(OC)c(C)c(OC)c3)CC2)CC1. The van der Waals surface area contributed by atoms with E-state index in [9.17, 15) is 4.79 Å². The molecule has 0 spiro atoms. The van der Waals surface area contributed by atoms with Crippen molar-refractivity contribution in [1.29, 1.82) is 0 Å². The maximum atomic E-state index is 13.0. The van der Waals surface area contributed by atoms with E-state index in [1.807, 2.05) is 24.0 Å². The Morgan fingerprint density at radius 3 is 2.07 bits per heavy atom. The van der Waals surface area contributed by atoms with E-state index in [-0.39, 0.29) is 5.91 Å². The number of piperazine rings is 1. The third-order valence-electron chi connectivity index (χ3n) is 6.21. The van der Waals surface area contributed by atoms with Crippen molar-refractivity contribution in [3.8, 4) is 11.5 Å². The zero-order chi connectivity index (χ0) is 20.1. The number of rotatable bonds is 6. The molecule has 1 amide bonds. The van der Waals surface area contributed by atoms with Crippen LogP contribution in [0.4, 0.5) is 0 Å². The minimum absolute atomic E-state index is 0.0639. The maximum Gasteiger partial charge on any atom is 0.254 e. The molecule has 2 saturated heterocycles. The number of ether oxygens (including phenoxy) is 2. The summed E-state index contributed by atoms with van der Waals surface area (Å²) in [6.07, 6.45) is 3.74. The second kappa shape index (κ2) is 9.61. The normalized spacial score (nSPS) is 19.6. The van der Waals surface area contributed by atoms with Crippen LogP contribution < -0.4 is 9.47 Å². The second-order valence-corrected chi connectivity index (χ2v) is 7.91. The quantitative estimate of drug-likeness (QED) is 0.748. The standard InChI is InChI=1S/C22H35N3O3/c1-5-8-23-9-6-19(7-10-23)24-11-13-25(14-12-24)22(26)18-15-20(27-3)17(2)21(16-18)28-4/h15-16,19H,5-14H2,1-4H3.